The van der Waals surface area contributed by atoms with Gasteiger partial charge in [0.25, 0.3) is 0 Å². The smallest absolute Gasteiger partial charge is 0.340 e. The van der Waals surface area contributed by atoms with Crippen LogP contribution >= 0.6 is 0 Å². The van der Waals surface area contributed by atoms with Crippen molar-refractivity contribution in [3.63, 3.8) is 0 Å². The molecule has 0 amide bonds. The van der Waals surface area contributed by atoms with Crippen LogP contribution in [0.15, 0.2) is 65.8 Å². The second kappa shape index (κ2) is 7.70. The van der Waals surface area contributed by atoms with E-state index in [2.05, 4.69) is 15.3 Å². The van der Waals surface area contributed by atoms with E-state index in [4.69, 9.17) is 0 Å². The van der Waals surface area contributed by atoms with Crippen molar-refractivity contribution in [1.82, 2.24) is 9.97 Å². The van der Waals surface area contributed by atoms with Crippen LogP contribution in [0.2, 0.25) is 0 Å². The first-order valence-corrected chi connectivity index (χ1v) is 10.2. The van der Waals surface area contributed by atoms with Crippen molar-refractivity contribution in [3.05, 3.63) is 66.5 Å². The van der Waals surface area contributed by atoms with Crippen LogP contribution in [0.25, 0.3) is 0 Å². The number of nitrogens with zero attached hydrogens (tertiary/aromatic N) is 3. The average molecular weight is 422 g/mol. The van der Waals surface area contributed by atoms with Gasteiger partial charge in [-0.05, 0) is 36.4 Å². The second-order valence-corrected chi connectivity index (χ2v) is 8.24. The maximum Gasteiger partial charge on any atom is 0.416 e. The van der Waals surface area contributed by atoms with Gasteiger partial charge in [-0.2, -0.15) is 13.2 Å². The van der Waals surface area contributed by atoms with E-state index in [-0.39, 0.29) is 4.90 Å². The Bertz CT molecular complexity index is 1120. The zero-order valence-corrected chi connectivity index (χ0v) is 16.3. The standard InChI is InChI=1S/C19H17F3N4O2S/c1-26(15-5-3-4-6-16(15)29(2,27)28)18-11-17(23-12-24-18)25-14-9-7-13(8-10-14)19(20,21)22/h3-12H,1-2H3,(H,23,24,25). The number of halogens is 3. The Morgan fingerprint density at radius 2 is 1.66 bits per heavy atom. The monoisotopic (exact) mass is 422 g/mol. The summed E-state index contributed by atoms with van der Waals surface area (Å²) in [5.74, 6) is 0.754. The van der Waals surface area contributed by atoms with E-state index < -0.39 is 21.6 Å². The highest BCUT2D eigenvalue weighted by atomic mass is 32.2. The SMILES string of the molecule is CN(c1cc(Nc2ccc(C(F)(F)F)cc2)ncn1)c1ccccc1S(C)(=O)=O. The number of benzene rings is 2. The molecule has 2 aromatic carbocycles. The number of para-hydroxylation sites is 1. The molecule has 0 unspecified atom stereocenters. The fourth-order valence-electron chi connectivity index (χ4n) is 2.66. The number of hydrogen-bond acceptors (Lipinski definition) is 6. The minimum atomic E-state index is -4.41. The molecule has 29 heavy (non-hydrogen) atoms. The Kier molecular flexibility index (Phi) is 5.47. The third-order valence-corrected chi connectivity index (χ3v) is 5.25. The van der Waals surface area contributed by atoms with Gasteiger partial charge >= 0.3 is 6.18 Å². The van der Waals surface area contributed by atoms with Gasteiger partial charge < -0.3 is 10.2 Å². The van der Waals surface area contributed by atoms with Gasteiger partial charge in [0.05, 0.1) is 16.1 Å². The van der Waals surface area contributed by atoms with Crippen LogP contribution in [0.4, 0.5) is 36.2 Å². The molecule has 0 saturated heterocycles. The molecule has 0 bridgehead atoms. The summed E-state index contributed by atoms with van der Waals surface area (Å²) in [6.45, 7) is 0. The third kappa shape index (κ3) is 4.83. The van der Waals surface area contributed by atoms with Crippen molar-refractivity contribution in [2.75, 3.05) is 23.5 Å². The summed E-state index contributed by atoms with van der Waals surface area (Å²) >= 11 is 0. The Hall–Kier alpha value is -3.14. The minimum Gasteiger partial charge on any atom is -0.340 e. The van der Waals surface area contributed by atoms with Gasteiger partial charge in [0.2, 0.25) is 0 Å². The zero-order chi connectivity index (χ0) is 21.2. The molecule has 1 heterocycles. The summed E-state index contributed by atoms with van der Waals surface area (Å²) in [7, 11) is -1.79. The van der Waals surface area contributed by atoms with Crippen LogP contribution in [0, 0.1) is 0 Å². The Labute approximate surface area is 166 Å². The molecular weight excluding hydrogens is 405 g/mol. The van der Waals surface area contributed by atoms with Crippen LogP contribution in [-0.4, -0.2) is 31.7 Å². The summed E-state index contributed by atoms with van der Waals surface area (Å²) in [6.07, 6.45) is -2.01. The van der Waals surface area contributed by atoms with Crippen molar-refractivity contribution in [2.24, 2.45) is 0 Å². The van der Waals surface area contributed by atoms with Crippen LogP contribution in [0.3, 0.4) is 0 Å². The summed E-state index contributed by atoms with van der Waals surface area (Å²) in [6, 6.07) is 12.6. The van der Waals surface area contributed by atoms with Crippen molar-refractivity contribution in [1.29, 1.82) is 0 Å². The first kappa shape index (κ1) is 20.6. The average Bonchev–Trinajstić information content (AvgIpc) is 2.67. The predicted octanol–water partition coefficient (Wildman–Crippen LogP) is 4.41. The molecule has 152 valence electrons. The summed E-state index contributed by atoms with van der Waals surface area (Å²) < 4.78 is 62.1. The first-order chi connectivity index (χ1) is 13.6. The molecule has 0 spiro atoms. The summed E-state index contributed by atoms with van der Waals surface area (Å²) in [5.41, 5.74) is 0.111. The second-order valence-electron chi connectivity index (χ2n) is 6.26. The van der Waals surface area contributed by atoms with Crippen LogP contribution in [-0.2, 0) is 16.0 Å². The topological polar surface area (TPSA) is 75.2 Å². The van der Waals surface area contributed by atoms with Crippen molar-refractivity contribution < 1.29 is 21.6 Å². The molecule has 0 aliphatic heterocycles. The molecule has 0 saturated carbocycles. The third-order valence-electron chi connectivity index (χ3n) is 4.11. The molecule has 0 aliphatic carbocycles. The molecule has 1 N–H and O–H groups in total. The number of rotatable bonds is 5. The van der Waals surface area contributed by atoms with Crippen molar-refractivity contribution >= 4 is 32.8 Å². The molecule has 0 aliphatic rings. The highest BCUT2D eigenvalue weighted by Crippen LogP contribution is 2.31. The van der Waals surface area contributed by atoms with E-state index in [9.17, 15) is 21.6 Å². The van der Waals surface area contributed by atoms with Gasteiger partial charge in [-0.25, -0.2) is 18.4 Å². The molecule has 0 atom stereocenters. The minimum absolute atomic E-state index is 0.151. The van der Waals surface area contributed by atoms with Gasteiger partial charge in [-0.1, -0.05) is 12.1 Å². The highest BCUT2D eigenvalue weighted by molar-refractivity contribution is 7.90. The van der Waals surface area contributed by atoms with Gasteiger partial charge in [0.1, 0.15) is 18.0 Å². The molecular formula is C19H17F3N4O2S. The molecule has 3 rings (SSSR count). The molecule has 0 radical (unpaired) electrons. The Morgan fingerprint density at radius 3 is 2.28 bits per heavy atom. The lowest BCUT2D eigenvalue weighted by Crippen LogP contribution is -2.15. The predicted molar refractivity (Wildman–Crippen MR) is 104 cm³/mol. The Morgan fingerprint density at radius 1 is 1.00 bits per heavy atom. The fraction of sp³-hybridized carbons (Fsp3) is 0.158. The molecule has 1 aromatic heterocycles. The van der Waals surface area contributed by atoms with E-state index in [1.807, 2.05) is 0 Å². The van der Waals surface area contributed by atoms with E-state index in [1.165, 1.54) is 24.5 Å². The number of alkyl halides is 3. The van der Waals surface area contributed by atoms with Crippen LogP contribution in [0.5, 0.6) is 0 Å². The van der Waals surface area contributed by atoms with Gasteiger partial charge in [-0.15, -0.1) is 0 Å². The maximum absolute atomic E-state index is 12.7. The van der Waals surface area contributed by atoms with Gasteiger partial charge in [-0.3, -0.25) is 0 Å². The van der Waals surface area contributed by atoms with Crippen LogP contribution < -0.4 is 10.2 Å². The van der Waals surface area contributed by atoms with E-state index >= 15 is 0 Å². The molecule has 6 nitrogen and oxygen atoms in total. The largest absolute Gasteiger partial charge is 0.416 e. The first-order valence-electron chi connectivity index (χ1n) is 8.35. The van der Waals surface area contributed by atoms with Crippen molar-refractivity contribution in [2.45, 2.75) is 11.1 Å². The summed E-state index contributed by atoms with van der Waals surface area (Å²) in [5, 5.41) is 2.91. The number of anilines is 4. The number of hydrogen-bond donors (Lipinski definition) is 1. The van der Waals surface area contributed by atoms with Crippen LogP contribution in [0.1, 0.15) is 5.56 Å². The van der Waals surface area contributed by atoms with Gasteiger partial charge in [0, 0.05) is 25.1 Å². The number of aromatic nitrogens is 2. The lowest BCUT2D eigenvalue weighted by Gasteiger charge is -2.21. The quantitative estimate of drug-likeness (QED) is 0.657. The normalized spacial score (nSPS) is 11.9. The van der Waals surface area contributed by atoms with E-state index in [0.29, 0.717) is 23.0 Å². The zero-order valence-electron chi connectivity index (χ0n) is 15.5. The van der Waals surface area contributed by atoms with Gasteiger partial charge in [0.15, 0.2) is 9.84 Å². The number of nitrogens with one attached hydrogen (secondary N) is 1. The molecule has 0 fully saturated rings. The molecule has 3 aromatic rings. The van der Waals surface area contributed by atoms with Crippen molar-refractivity contribution in [3.8, 4) is 0 Å². The van der Waals surface area contributed by atoms with E-state index in [0.717, 1.165) is 18.4 Å². The highest BCUT2D eigenvalue weighted by Gasteiger charge is 2.29. The lowest BCUT2D eigenvalue weighted by molar-refractivity contribution is -0.137. The maximum atomic E-state index is 12.7. The lowest BCUT2D eigenvalue weighted by atomic mass is 10.2. The fourth-order valence-corrected chi connectivity index (χ4v) is 3.57. The Balaban J connectivity index is 1.87. The number of sulfone groups is 1. The summed E-state index contributed by atoms with van der Waals surface area (Å²) in [4.78, 5) is 9.97. The molecule has 10 heteroatoms. The van der Waals surface area contributed by atoms with E-state index in [1.54, 1.807) is 36.2 Å².